The Kier molecular flexibility index (Phi) is 28.7. The van der Waals surface area contributed by atoms with Gasteiger partial charge in [0.2, 0.25) is 23.6 Å². The Balaban J connectivity index is 0.000000153. The first kappa shape index (κ1) is 100. The van der Waals surface area contributed by atoms with Crippen molar-refractivity contribution in [1.82, 2.24) is 76.1 Å². The minimum absolute atomic E-state index is 0.0235. The molecule has 11 aromatic rings. The van der Waals surface area contributed by atoms with Crippen LogP contribution in [0.25, 0.3) is 88.1 Å². The standard InChI is InChI=1S/C53H62N8O6.C45H51BN4O5.C14H21IN4O3/c1-28(2)46(58-52(64)66-5)50(62)60-23-9-13-43(60)48-54-27-42(57-48)37-20-19-36(34-11-7-8-12-35(34)37)38-21-18-32(39-25-30-15-17-33(30)45(38)39)31-16-22-40-41(26-31)56-49(55-40)44-14-10-24-61(44)51(63)47(29(3)4)59-53(65)67-6;1-25(2)40(49-43(52)53-7)42(51)50-22-10-13-38(50)41-47-36-21-15-27(24-37(36)48-41)28-17-18-33(39-29-16-14-26(29)23-34(28)39)31-19-20-35(32-12-9-8-11-30(31)32)46-54-44(3,4)45(5,6)55-46;1-8(2)11(18-14(21)22-3)13(20)19-6-4-5-9(19)12-16-7-10(15)17-12/h7-8,11-12,16,18-22,26,28-30,33,42-44,46-47H,9-10,13-15,17,23-25,27H2,1-6H3,(H,54,57)(H,55,56)(H,58,64)(H,59,65);8-9,11-12,15,17-21,24-26,29,38,40H,10,13-14,16,22-23H2,1-7H3,(H,47,48)(H,49,52);7-9,11H,4-6H2,1-3H3,(H,16,17)(H,18,21)/t30?,33?,42?,43-,44-,46-,47-;26?,29?,38-,40-;9-,11-/m000/s1. The number of carbonyl (C=O) groups excluding carboxylic acids is 8. The van der Waals surface area contributed by atoms with Crippen LogP contribution in [0.5, 0.6) is 0 Å². The molecule has 30 nitrogen and oxygen atoms in total. The summed E-state index contributed by atoms with van der Waals surface area (Å²) >= 11 is 2.16. The zero-order valence-electron chi connectivity index (χ0n) is 85.3. The summed E-state index contributed by atoms with van der Waals surface area (Å²) in [6, 6.07) is 45.5. The number of aromatic nitrogens is 6. The molecule has 4 aliphatic carbocycles. The highest BCUT2D eigenvalue weighted by atomic mass is 127. The van der Waals surface area contributed by atoms with Crippen LogP contribution in [0.1, 0.15) is 241 Å². The van der Waals surface area contributed by atoms with Gasteiger partial charge >= 0.3 is 31.5 Å². The maximum atomic E-state index is 13.9. The van der Waals surface area contributed by atoms with Crippen LogP contribution in [-0.2, 0) is 60.3 Å². The molecule has 13 atom stereocenters. The first-order chi connectivity index (χ1) is 69.2. The monoisotopic (exact) mass is 2060 g/mol. The highest BCUT2D eigenvalue weighted by Gasteiger charge is 2.54. The van der Waals surface area contributed by atoms with E-state index in [2.05, 4.69) is 235 Å². The van der Waals surface area contributed by atoms with E-state index in [4.69, 9.17) is 38.5 Å². The number of aromatic amines is 3. The van der Waals surface area contributed by atoms with Gasteiger partial charge in [-0.3, -0.25) is 24.2 Å². The summed E-state index contributed by atoms with van der Waals surface area (Å²) in [7, 11) is 4.80. The zero-order chi connectivity index (χ0) is 101. The number of halogens is 1. The van der Waals surface area contributed by atoms with E-state index >= 15 is 0 Å². The number of nitrogens with zero attached hydrogens (tertiary/aromatic N) is 8. The van der Waals surface area contributed by atoms with Crippen molar-refractivity contribution >= 4 is 133 Å². The Bertz CT molecular complexity index is 6810. The second-order valence-electron chi connectivity index (χ2n) is 42.9. The van der Waals surface area contributed by atoms with Crippen molar-refractivity contribution in [2.45, 2.75) is 250 Å². The molecule has 8 amide bonds. The van der Waals surface area contributed by atoms with Crippen molar-refractivity contribution in [3.8, 4) is 44.5 Å². The fourth-order valence-corrected chi connectivity index (χ4v) is 24.3. The summed E-state index contributed by atoms with van der Waals surface area (Å²) in [5, 5.41) is 19.4. The average molecular weight is 2070 g/mol. The molecule has 2 saturated carbocycles. The van der Waals surface area contributed by atoms with Crippen LogP contribution in [0.4, 0.5) is 19.2 Å². The van der Waals surface area contributed by atoms with Crippen LogP contribution < -0.4 is 32.0 Å². The largest absolute Gasteiger partial charge is 0.495 e. The van der Waals surface area contributed by atoms with E-state index in [1.807, 2.05) is 70.1 Å². The molecule has 21 rings (SSSR count). The molecule has 0 spiro atoms. The van der Waals surface area contributed by atoms with E-state index in [-0.39, 0.29) is 77.5 Å². The third-order valence-electron chi connectivity index (χ3n) is 32.5. The van der Waals surface area contributed by atoms with Crippen molar-refractivity contribution in [3.63, 3.8) is 0 Å². The van der Waals surface area contributed by atoms with Crippen LogP contribution >= 0.6 is 22.6 Å². The maximum absolute atomic E-state index is 13.9. The summed E-state index contributed by atoms with van der Waals surface area (Å²) in [5.41, 5.74) is 21.0. The number of rotatable bonds is 22. The molecule has 6 aliphatic heterocycles. The number of aliphatic imine (C=N–C) groups is 1. The number of amides is 8. The van der Waals surface area contributed by atoms with Crippen LogP contribution in [0.15, 0.2) is 145 Å². The van der Waals surface area contributed by atoms with Crippen molar-refractivity contribution < 1.29 is 66.6 Å². The first-order valence-electron chi connectivity index (χ1n) is 51.5. The Morgan fingerprint density at radius 3 is 1.20 bits per heavy atom. The van der Waals surface area contributed by atoms with Crippen molar-refractivity contribution in [1.29, 1.82) is 0 Å². The van der Waals surface area contributed by atoms with Crippen LogP contribution in [0.3, 0.4) is 0 Å². The van der Waals surface area contributed by atoms with E-state index in [0.29, 0.717) is 56.4 Å². The quantitative estimate of drug-likeness (QED) is 0.0177. The Morgan fingerprint density at radius 1 is 0.431 bits per heavy atom. The SMILES string of the molecule is COC(=O)N[C@H](C(=O)N1CCC[C@H]1C1=NCC(c2ccc(-c3ccc(-c4ccc5nc([C@@H]6CCCN6C(=O)[C@@H](NC(=O)OC)C(C)C)[nH]c5c4)c4c3C3CCC3C4)c3ccccc23)N1)C(C)C.COC(=O)N[C@H](C(=O)N1CCC[C@H]1c1nc2ccc(-c3ccc(-c4ccc(B5OC(C)(C)C(C)(C)O5)c5ccccc45)c4c3CC3CCC43)cc2[nH]1)C(C)C.COC(=O)N[C@H](C(=O)N1CCC[C@H]1c1ncc(I)[nH]1)C(C)C. The highest BCUT2D eigenvalue weighted by molar-refractivity contribution is 14.1. The second-order valence-corrected chi connectivity index (χ2v) is 44.1. The lowest BCUT2D eigenvalue weighted by Crippen LogP contribution is -2.54. The molecule has 7 fully saturated rings. The lowest BCUT2D eigenvalue weighted by atomic mass is 9.72. The van der Waals surface area contributed by atoms with Crippen molar-refractivity contribution in [3.05, 3.63) is 189 Å². The number of methoxy groups -OCH3 is 4. The Hall–Kier alpha value is -12.4. The predicted octanol–water partition coefficient (Wildman–Crippen LogP) is 19.1. The summed E-state index contributed by atoms with van der Waals surface area (Å²) in [6.07, 6.45) is 13.2. The zero-order valence-corrected chi connectivity index (χ0v) is 87.4. The van der Waals surface area contributed by atoms with Gasteiger partial charge in [0, 0.05) is 26.2 Å². The summed E-state index contributed by atoms with van der Waals surface area (Å²) in [5.74, 6) is 4.87. The number of fused-ring (bicyclic) bond motifs is 10. The number of hydrogen-bond acceptors (Lipinski definition) is 19. The fraction of sp³-hybridized carbons (Fsp3) is 0.482. The number of alkyl carbamates (subject to hydrolysis) is 4. The molecule has 5 unspecified atom stereocenters. The molecule has 8 aromatic carbocycles. The number of nitrogens with one attached hydrogen (secondary N) is 8. The first-order valence-corrected chi connectivity index (χ1v) is 52.6. The molecular weight excluding hydrogens is 1930 g/mol. The van der Waals surface area contributed by atoms with Crippen LogP contribution in [0.2, 0.25) is 0 Å². The van der Waals surface area contributed by atoms with Gasteiger partial charge in [-0.15, -0.1) is 0 Å². The number of hydrogen-bond donors (Lipinski definition) is 8. The fourth-order valence-electron chi connectivity index (χ4n) is 23.9. The van der Waals surface area contributed by atoms with E-state index in [9.17, 15) is 38.4 Å². The van der Waals surface area contributed by atoms with Gasteiger partial charge in [-0.05, 0) is 311 Å². The molecule has 0 radical (unpaired) electrons. The molecule has 0 bridgehead atoms. The predicted molar refractivity (Wildman–Crippen MR) is 565 cm³/mol. The molecular formula is C112H134BIN16O14. The van der Waals surface area contributed by atoms with Crippen molar-refractivity contribution in [2.75, 3.05) is 61.2 Å². The van der Waals surface area contributed by atoms with E-state index in [0.717, 1.165) is 124 Å². The average Bonchev–Trinajstić information content (AvgIpc) is 1.56. The molecule has 10 aliphatic rings. The lowest BCUT2D eigenvalue weighted by Gasteiger charge is -2.32. The van der Waals surface area contributed by atoms with Gasteiger partial charge in [-0.2, -0.15) is 0 Å². The molecule has 756 valence electrons. The maximum Gasteiger partial charge on any atom is 0.495 e. The van der Waals surface area contributed by atoms with Crippen LogP contribution in [-0.4, -0.2) is 213 Å². The molecule has 32 heteroatoms. The third kappa shape index (κ3) is 19.1. The van der Waals surface area contributed by atoms with Gasteiger partial charge in [-0.25, -0.2) is 34.1 Å². The van der Waals surface area contributed by atoms with E-state index in [1.165, 1.54) is 142 Å². The minimum atomic E-state index is -0.691. The summed E-state index contributed by atoms with van der Waals surface area (Å²) in [6.45, 7) is 26.9. The topological polar surface area (TPSA) is 363 Å². The molecule has 144 heavy (non-hydrogen) atoms. The number of carbonyl (C=O) groups is 8. The second kappa shape index (κ2) is 41.2. The molecule has 8 N–H and O–H groups in total. The number of H-pyrrole nitrogens is 3. The molecule has 9 heterocycles. The lowest BCUT2D eigenvalue weighted by molar-refractivity contribution is -0.136. The summed E-state index contributed by atoms with van der Waals surface area (Å²) in [4.78, 5) is 139. The number of imidazole rings is 3. The molecule has 3 aromatic heterocycles. The van der Waals surface area contributed by atoms with Gasteiger partial charge in [0.25, 0.3) is 0 Å². The normalized spacial score (nSPS) is 22.3. The number of likely N-dealkylation sites (tertiary alicyclic amines) is 4. The smallest absolute Gasteiger partial charge is 0.453 e. The Labute approximate surface area is 855 Å². The van der Waals surface area contributed by atoms with Crippen LogP contribution in [0, 0.1) is 39.2 Å². The van der Waals surface area contributed by atoms with Gasteiger partial charge in [0.05, 0.1) is 108 Å². The highest BCUT2D eigenvalue weighted by Crippen LogP contribution is 2.59. The van der Waals surface area contributed by atoms with Crippen molar-refractivity contribution in [2.24, 2.45) is 40.5 Å². The van der Waals surface area contributed by atoms with Gasteiger partial charge in [0.15, 0.2) is 0 Å². The minimum Gasteiger partial charge on any atom is -0.453 e. The van der Waals surface area contributed by atoms with Gasteiger partial charge in [-0.1, -0.05) is 165 Å². The number of amidine groups is 1. The van der Waals surface area contributed by atoms with Gasteiger partial charge in [0.1, 0.15) is 47.5 Å². The third-order valence-corrected chi connectivity index (χ3v) is 33.1. The summed E-state index contributed by atoms with van der Waals surface area (Å²) < 4.78 is 33.1. The van der Waals surface area contributed by atoms with E-state index < -0.39 is 66.9 Å². The van der Waals surface area contributed by atoms with E-state index in [1.54, 1.807) is 11.1 Å². The number of benzene rings is 8. The Morgan fingerprint density at radius 2 is 0.806 bits per heavy atom. The molecule has 5 saturated heterocycles. The van der Waals surface area contributed by atoms with Gasteiger partial charge < -0.3 is 89.4 Å². The number of ether oxygens (including phenoxy) is 4.